The van der Waals surface area contributed by atoms with E-state index in [0.717, 1.165) is 0 Å². The fraction of sp³-hybridized carbons (Fsp3) is 1.00. The van der Waals surface area contributed by atoms with Crippen LogP contribution in [0, 0.1) is 0 Å². The van der Waals surface area contributed by atoms with Crippen LogP contribution in [-0.4, -0.2) is 62.4 Å². The van der Waals surface area contributed by atoms with Gasteiger partial charge in [0, 0.05) is 4.91 Å². The highest BCUT2D eigenvalue weighted by Crippen LogP contribution is 2.41. The average Bonchev–Trinajstić information content (AvgIpc) is 2.26. The highest BCUT2D eigenvalue weighted by molar-refractivity contribution is 7.46. The first kappa shape index (κ1) is 15.3. The number of rotatable bonds is 4. The van der Waals surface area contributed by atoms with Crippen molar-refractivity contribution < 1.29 is 38.9 Å². The van der Waals surface area contributed by atoms with E-state index < -0.39 is 45.1 Å². The summed E-state index contributed by atoms with van der Waals surface area (Å²) >= 11 is 0. The molecule has 104 valence electrons. The van der Waals surface area contributed by atoms with Crippen LogP contribution in [0.3, 0.4) is 0 Å². The Balaban J connectivity index is 2.95. The van der Waals surface area contributed by atoms with E-state index in [4.69, 9.17) is 25.2 Å². The zero-order chi connectivity index (χ0) is 13.9. The van der Waals surface area contributed by atoms with Crippen LogP contribution in [0.15, 0.2) is 5.11 Å². The summed E-state index contributed by atoms with van der Waals surface area (Å²) in [5, 5.41) is 31.0. The minimum atomic E-state index is -4.96. The van der Waals surface area contributed by atoms with E-state index in [1.54, 1.807) is 0 Å². The molecule has 1 aliphatic heterocycles. The highest BCUT2D eigenvalue weighted by Gasteiger charge is 2.46. The van der Waals surface area contributed by atoms with Crippen molar-refractivity contribution in [3.63, 3.8) is 0 Å². The molecule has 18 heavy (non-hydrogen) atoms. The molecule has 0 aromatic carbocycles. The molecular weight excluding hydrogens is 273 g/mol. The van der Waals surface area contributed by atoms with Crippen LogP contribution in [0.1, 0.15) is 0 Å². The minimum Gasteiger partial charge on any atom is -0.394 e. The normalized spacial score (nSPS) is 37.1. The minimum absolute atomic E-state index is 0.720. The molecule has 0 spiro atoms. The third kappa shape index (κ3) is 3.62. The molecule has 0 unspecified atom stereocenters. The maximum Gasteiger partial charge on any atom is 0.471 e. The molecule has 1 rings (SSSR count). The topological polar surface area (TPSA) is 185 Å². The average molecular weight is 285 g/mol. The Labute approximate surface area is 100 Å². The van der Waals surface area contributed by atoms with E-state index in [0.29, 0.717) is 0 Å². The van der Waals surface area contributed by atoms with Crippen molar-refractivity contribution >= 4 is 7.82 Å². The summed E-state index contributed by atoms with van der Waals surface area (Å²) in [5.41, 5.74) is 8.27. The summed E-state index contributed by atoms with van der Waals surface area (Å²) in [6.45, 7) is -0.720. The Morgan fingerprint density at radius 2 is 2.00 bits per heavy atom. The van der Waals surface area contributed by atoms with Gasteiger partial charge >= 0.3 is 7.82 Å². The summed E-state index contributed by atoms with van der Waals surface area (Å²) < 4.78 is 19.7. The summed E-state index contributed by atoms with van der Waals surface area (Å²) in [7, 11) is -4.96. The Morgan fingerprint density at radius 1 is 1.39 bits per heavy atom. The molecular formula is C6H12N3O8P. The molecule has 5 atom stereocenters. The van der Waals surface area contributed by atoms with E-state index in [9.17, 15) is 14.8 Å². The number of aliphatic hydroxyl groups is 3. The van der Waals surface area contributed by atoms with Gasteiger partial charge in [-0.3, -0.25) is 4.52 Å². The molecule has 0 aromatic rings. The van der Waals surface area contributed by atoms with Crippen LogP contribution in [0.5, 0.6) is 0 Å². The van der Waals surface area contributed by atoms with Crippen LogP contribution in [-0.2, 0) is 13.8 Å². The largest absolute Gasteiger partial charge is 0.471 e. The predicted octanol–water partition coefficient (Wildman–Crippen LogP) is -1.79. The summed E-state index contributed by atoms with van der Waals surface area (Å²) in [4.78, 5) is 19.6. The van der Waals surface area contributed by atoms with Crippen LogP contribution in [0.2, 0.25) is 0 Å². The molecule has 1 heterocycles. The molecule has 1 saturated heterocycles. The van der Waals surface area contributed by atoms with Gasteiger partial charge in [0.2, 0.25) is 0 Å². The van der Waals surface area contributed by atoms with Gasteiger partial charge in [-0.05, 0) is 5.53 Å². The van der Waals surface area contributed by atoms with Gasteiger partial charge in [-0.15, -0.1) is 0 Å². The van der Waals surface area contributed by atoms with Crippen LogP contribution in [0.4, 0.5) is 0 Å². The molecule has 0 bridgehead atoms. The van der Waals surface area contributed by atoms with Crippen molar-refractivity contribution in [3.05, 3.63) is 10.4 Å². The Hall–Kier alpha value is -0.740. The van der Waals surface area contributed by atoms with E-state index in [1.807, 2.05) is 0 Å². The van der Waals surface area contributed by atoms with Gasteiger partial charge in [-0.1, -0.05) is 5.11 Å². The maximum atomic E-state index is 10.7. The number of azide groups is 1. The molecule has 0 aromatic heterocycles. The Kier molecular flexibility index (Phi) is 5.05. The van der Waals surface area contributed by atoms with Gasteiger partial charge in [0.1, 0.15) is 18.2 Å². The van der Waals surface area contributed by atoms with Crippen molar-refractivity contribution in [2.45, 2.75) is 30.6 Å². The smallest absolute Gasteiger partial charge is 0.394 e. The van der Waals surface area contributed by atoms with Gasteiger partial charge in [-0.25, -0.2) is 4.57 Å². The lowest BCUT2D eigenvalue weighted by Gasteiger charge is -2.39. The van der Waals surface area contributed by atoms with E-state index >= 15 is 0 Å². The molecule has 5 N–H and O–H groups in total. The van der Waals surface area contributed by atoms with Crippen molar-refractivity contribution in [1.29, 1.82) is 0 Å². The van der Waals surface area contributed by atoms with Gasteiger partial charge in [0.15, 0.2) is 6.29 Å². The lowest BCUT2D eigenvalue weighted by molar-refractivity contribution is -0.242. The molecule has 11 nitrogen and oxygen atoms in total. The molecule has 1 fully saturated rings. The number of aliphatic hydroxyl groups excluding tert-OH is 3. The van der Waals surface area contributed by atoms with Crippen LogP contribution in [0.25, 0.3) is 10.4 Å². The summed E-state index contributed by atoms with van der Waals surface area (Å²) in [6, 6.07) is -1.56. The molecule has 12 heteroatoms. The quantitative estimate of drug-likeness (QED) is 0.173. The first-order chi connectivity index (χ1) is 8.30. The Bertz CT molecular complexity index is 381. The first-order valence-corrected chi connectivity index (χ1v) is 6.23. The molecule has 0 saturated carbocycles. The number of phosphoric acid groups is 1. The van der Waals surface area contributed by atoms with Crippen molar-refractivity contribution in [3.8, 4) is 0 Å². The fourth-order valence-corrected chi connectivity index (χ4v) is 1.92. The third-order valence-electron chi connectivity index (χ3n) is 2.27. The SMILES string of the molecule is [N-]=[N+]=N[C@H]1[C@H](OP(=O)(O)O)O[C@H](CO)[C@@H](O)[C@@H]1O. The standard InChI is InChI=1S/C6H12N3O8P/c7-9-8-3-5(12)4(11)2(1-10)16-6(3)17-18(13,14)15/h2-6,10-12H,1H2,(H2,13,14,15)/t2-,3-,4-,5-,6+/m1/s1. The zero-order valence-electron chi connectivity index (χ0n) is 8.84. The first-order valence-electron chi connectivity index (χ1n) is 4.70. The highest BCUT2D eigenvalue weighted by atomic mass is 31.2. The van der Waals surface area contributed by atoms with Gasteiger partial charge in [0.05, 0.1) is 12.7 Å². The van der Waals surface area contributed by atoms with E-state index in [2.05, 4.69) is 14.5 Å². The lowest BCUT2D eigenvalue weighted by atomic mass is 9.98. The second kappa shape index (κ2) is 5.93. The van der Waals surface area contributed by atoms with Gasteiger partial charge in [0.25, 0.3) is 0 Å². The van der Waals surface area contributed by atoms with Crippen LogP contribution >= 0.6 is 7.82 Å². The monoisotopic (exact) mass is 285 g/mol. The number of ether oxygens (including phenoxy) is 1. The van der Waals surface area contributed by atoms with Crippen LogP contribution < -0.4 is 0 Å². The second-order valence-electron chi connectivity index (χ2n) is 3.50. The zero-order valence-corrected chi connectivity index (χ0v) is 9.74. The number of hydrogen-bond donors (Lipinski definition) is 5. The lowest BCUT2D eigenvalue weighted by Crippen LogP contribution is -2.58. The molecule has 0 radical (unpaired) electrons. The van der Waals surface area contributed by atoms with Crippen molar-refractivity contribution in [1.82, 2.24) is 0 Å². The number of hydrogen-bond acceptors (Lipinski definition) is 7. The number of phosphoric ester groups is 1. The summed E-state index contributed by atoms with van der Waals surface area (Å²) in [6.07, 6.45) is -6.37. The predicted molar refractivity (Wildman–Crippen MR) is 53.8 cm³/mol. The van der Waals surface area contributed by atoms with E-state index in [-0.39, 0.29) is 0 Å². The second-order valence-corrected chi connectivity index (χ2v) is 4.69. The molecule has 0 amide bonds. The number of nitrogens with zero attached hydrogens (tertiary/aromatic N) is 3. The maximum absolute atomic E-state index is 10.7. The van der Waals surface area contributed by atoms with Crippen molar-refractivity contribution in [2.75, 3.05) is 6.61 Å². The van der Waals surface area contributed by atoms with Crippen molar-refractivity contribution in [2.24, 2.45) is 5.11 Å². The molecule has 1 aliphatic rings. The van der Waals surface area contributed by atoms with Gasteiger partial charge in [-0.2, -0.15) is 0 Å². The van der Waals surface area contributed by atoms with Gasteiger partial charge < -0.3 is 29.8 Å². The Morgan fingerprint density at radius 3 is 2.44 bits per heavy atom. The fourth-order valence-electron chi connectivity index (χ4n) is 1.47. The summed E-state index contributed by atoms with van der Waals surface area (Å²) in [5.74, 6) is 0. The molecule has 0 aliphatic carbocycles. The third-order valence-corrected chi connectivity index (χ3v) is 2.76. The van der Waals surface area contributed by atoms with E-state index in [1.165, 1.54) is 0 Å².